The Kier molecular flexibility index (Phi) is 5.39. The lowest BCUT2D eigenvalue weighted by Crippen LogP contribution is -2.47. The summed E-state index contributed by atoms with van der Waals surface area (Å²) in [6.07, 6.45) is -3.95. The molecule has 0 unspecified atom stereocenters. The van der Waals surface area contributed by atoms with Crippen LogP contribution in [0.2, 0.25) is 0 Å². The number of rotatable bonds is 3. The molecular formula is C18H20F4N6O. The smallest absolute Gasteiger partial charge is 0.378 e. The van der Waals surface area contributed by atoms with Gasteiger partial charge >= 0.3 is 6.18 Å². The lowest BCUT2D eigenvalue weighted by molar-refractivity contribution is -0.138. The van der Waals surface area contributed by atoms with E-state index in [1.807, 2.05) is 17.0 Å². The third-order valence-electron chi connectivity index (χ3n) is 5.02. The summed E-state index contributed by atoms with van der Waals surface area (Å²) in [6, 6.07) is 4.30. The van der Waals surface area contributed by atoms with E-state index in [0.717, 1.165) is 18.9 Å². The molecule has 156 valence electrons. The average Bonchev–Trinajstić information content (AvgIpc) is 2.74. The van der Waals surface area contributed by atoms with Gasteiger partial charge in [0.05, 0.1) is 18.8 Å². The number of aromatic nitrogens is 3. The van der Waals surface area contributed by atoms with E-state index in [0.29, 0.717) is 57.5 Å². The van der Waals surface area contributed by atoms with Crippen molar-refractivity contribution in [2.45, 2.75) is 6.18 Å². The first kappa shape index (κ1) is 19.6. The number of nitrogens with zero attached hydrogens (tertiary/aromatic N) is 6. The minimum absolute atomic E-state index is 0.0635. The van der Waals surface area contributed by atoms with Gasteiger partial charge in [-0.2, -0.15) is 13.2 Å². The van der Waals surface area contributed by atoms with Crippen LogP contribution in [0.4, 0.5) is 35.0 Å². The van der Waals surface area contributed by atoms with E-state index in [2.05, 4.69) is 20.1 Å². The summed E-state index contributed by atoms with van der Waals surface area (Å²) in [7, 11) is 0. The molecule has 0 spiro atoms. The zero-order valence-corrected chi connectivity index (χ0v) is 15.6. The Hall–Kier alpha value is -2.69. The third-order valence-corrected chi connectivity index (χ3v) is 5.02. The van der Waals surface area contributed by atoms with Crippen LogP contribution in [0.3, 0.4) is 0 Å². The van der Waals surface area contributed by atoms with Crippen molar-refractivity contribution >= 4 is 17.5 Å². The molecule has 2 aliphatic heterocycles. The first-order valence-corrected chi connectivity index (χ1v) is 9.31. The fourth-order valence-corrected chi connectivity index (χ4v) is 3.41. The largest absolute Gasteiger partial charge is 0.417 e. The van der Waals surface area contributed by atoms with Crippen LogP contribution in [0.25, 0.3) is 0 Å². The van der Waals surface area contributed by atoms with Crippen LogP contribution in [-0.4, -0.2) is 67.7 Å². The Morgan fingerprint density at radius 2 is 1.38 bits per heavy atom. The summed E-state index contributed by atoms with van der Waals surface area (Å²) in [5.74, 6) is 0.476. The van der Waals surface area contributed by atoms with Crippen molar-refractivity contribution in [3.8, 4) is 0 Å². The minimum Gasteiger partial charge on any atom is -0.378 e. The number of hydrogen-bond acceptors (Lipinski definition) is 7. The van der Waals surface area contributed by atoms with E-state index in [1.165, 1.54) is 0 Å². The van der Waals surface area contributed by atoms with E-state index >= 15 is 0 Å². The molecule has 0 amide bonds. The van der Waals surface area contributed by atoms with Gasteiger partial charge in [0.25, 0.3) is 0 Å². The van der Waals surface area contributed by atoms with E-state index in [9.17, 15) is 17.6 Å². The molecule has 2 saturated heterocycles. The monoisotopic (exact) mass is 412 g/mol. The molecule has 0 saturated carbocycles. The number of anilines is 3. The normalized spacial score (nSPS) is 18.3. The highest BCUT2D eigenvalue weighted by Crippen LogP contribution is 2.31. The quantitative estimate of drug-likeness (QED) is 0.717. The zero-order valence-electron chi connectivity index (χ0n) is 15.6. The lowest BCUT2D eigenvalue weighted by Gasteiger charge is -2.36. The van der Waals surface area contributed by atoms with Gasteiger partial charge in [-0.3, -0.25) is 0 Å². The van der Waals surface area contributed by atoms with Crippen molar-refractivity contribution < 1.29 is 22.3 Å². The third kappa shape index (κ3) is 4.34. The van der Waals surface area contributed by atoms with Crippen molar-refractivity contribution in [3.63, 3.8) is 0 Å². The SMILES string of the molecule is Fc1cc(C(F)(F)F)cnc1N1CCN(c2ccc(N3CCOCC3)nn2)CC1. The summed E-state index contributed by atoms with van der Waals surface area (Å²) >= 11 is 0. The second-order valence-corrected chi connectivity index (χ2v) is 6.85. The molecule has 4 rings (SSSR count). The highest BCUT2D eigenvalue weighted by atomic mass is 19.4. The molecule has 4 heterocycles. The molecule has 2 aliphatic rings. The number of ether oxygens (including phenoxy) is 1. The van der Waals surface area contributed by atoms with Crippen LogP contribution in [0.5, 0.6) is 0 Å². The maximum Gasteiger partial charge on any atom is 0.417 e. The topological polar surface area (TPSA) is 57.6 Å². The predicted molar refractivity (Wildman–Crippen MR) is 98.7 cm³/mol. The molecule has 0 aliphatic carbocycles. The van der Waals surface area contributed by atoms with Crippen molar-refractivity contribution in [1.82, 2.24) is 15.2 Å². The van der Waals surface area contributed by atoms with Gasteiger partial charge in [0.15, 0.2) is 23.3 Å². The Morgan fingerprint density at radius 3 is 1.90 bits per heavy atom. The van der Waals surface area contributed by atoms with Crippen LogP contribution in [0.15, 0.2) is 24.4 Å². The van der Waals surface area contributed by atoms with Gasteiger partial charge in [-0.15, -0.1) is 10.2 Å². The van der Waals surface area contributed by atoms with Gasteiger partial charge in [-0.25, -0.2) is 9.37 Å². The molecule has 2 fully saturated rings. The molecule has 0 bridgehead atoms. The fraction of sp³-hybridized carbons (Fsp3) is 0.500. The molecule has 29 heavy (non-hydrogen) atoms. The molecule has 0 atom stereocenters. The van der Waals surface area contributed by atoms with E-state index in [4.69, 9.17) is 4.74 Å². The maximum absolute atomic E-state index is 14.2. The molecule has 0 aromatic carbocycles. The fourth-order valence-electron chi connectivity index (χ4n) is 3.41. The molecule has 11 heteroatoms. The van der Waals surface area contributed by atoms with Gasteiger partial charge in [0.1, 0.15) is 0 Å². The first-order valence-electron chi connectivity index (χ1n) is 9.31. The summed E-state index contributed by atoms with van der Waals surface area (Å²) in [6.45, 7) is 4.79. The number of hydrogen-bond donors (Lipinski definition) is 0. The molecular weight excluding hydrogens is 392 g/mol. The number of alkyl halides is 3. The Bertz CT molecular complexity index is 833. The van der Waals surface area contributed by atoms with Crippen LogP contribution in [-0.2, 0) is 10.9 Å². The zero-order chi connectivity index (χ0) is 20.4. The van der Waals surface area contributed by atoms with Crippen molar-refractivity contribution in [2.24, 2.45) is 0 Å². The number of piperazine rings is 1. The number of morpholine rings is 1. The Balaban J connectivity index is 1.38. The summed E-state index contributed by atoms with van der Waals surface area (Å²) in [5.41, 5.74) is -1.09. The van der Waals surface area contributed by atoms with Crippen LogP contribution >= 0.6 is 0 Å². The van der Waals surface area contributed by atoms with Gasteiger partial charge < -0.3 is 19.4 Å². The molecule has 2 aromatic heterocycles. The van der Waals surface area contributed by atoms with Crippen molar-refractivity contribution in [2.75, 3.05) is 67.2 Å². The summed E-state index contributed by atoms with van der Waals surface area (Å²) in [5, 5.41) is 8.58. The predicted octanol–water partition coefficient (Wildman–Crippen LogP) is 2.19. The first-order chi connectivity index (χ1) is 13.9. The van der Waals surface area contributed by atoms with Crippen molar-refractivity contribution in [1.29, 1.82) is 0 Å². The maximum atomic E-state index is 14.2. The van der Waals surface area contributed by atoms with E-state index < -0.39 is 17.6 Å². The minimum atomic E-state index is -4.61. The van der Waals surface area contributed by atoms with Crippen molar-refractivity contribution in [3.05, 3.63) is 35.8 Å². The second kappa shape index (κ2) is 7.97. The molecule has 0 radical (unpaired) electrons. The van der Waals surface area contributed by atoms with Crippen LogP contribution in [0, 0.1) is 5.82 Å². The van der Waals surface area contributed by atoms with Gasteiger partial charge in [-0.1, -0.05) is 0 Å². The van der Waals surface area contributed by atoms with Gasteiger partial charge in [0.2, 0.25) is 0 Å². The summed E-state index contributed by atoms with van der Waals surface area (Å²) in [4.78, 5) is 9.46. The standard InChI is InChI=1S/C18H20F4N6O/c19-14-11-13(18(20,21)22)12-23-17(14)28-5-3-26(4-6-28)15-1-2-16(25-24-15)27-7-9-29-10-8-27/h1-2,11-12H,3-10H2. The molecule has 0 N–H and O–H groups in total. The van der Waals surface area contributed by atoms with Gasteiger partial charge in [-0.05, 0) is 18.2 Å². The Labute approximate surface area is 164 Å². The molecule has 2 aromatic rings. The number of pyridine rings is 1. The molecule has 7 nitrogen and oxygen atoms in total. The number of halogens is 4. The highest BCUT2D eigenvalue weighted by Gasteiger charge is 2.32. The highest BCUT2D eigenvalue weighted by molar-refractivity contribution is 5.48. The summed E-state index contributed by atoms with van der Waals surface area (Å²) < 4.78 is 57.5. The van der Waals surface area contributed by atoms with E-state index in [-0.39, 0.29) is 5.82 Å². The van der Waals surface area contributed by atoms with E-state index in [1.54, 1.807) is 4.90 Å². The van der Waals surface area contributed by atoms with Gasteiger partial charge in [0, 0.05) is 45.5 Å². The van der Waals surface area contributed by atoms with Crippen LogP contribution < -0.4 is 14.7 Å². The lowest BCUT2D eigenvalue weighted by atomic mass is 10.2. The van der Waals surface area contributed by atoms with Crippen LogP contribution in [0.1, 0.15) is 5.56 Å². The second-order valence-electron chi connectivity index (χ2n) is 6.85. The average molecular weight is 412 g/mol. The Morgan fingerprint density at radius 1 is 0.828 bits per heavy atom.